The number of fused-ring (bicyclic) bond motifs is 1. The maximum absolute atomic E-state index is 12.7. The van der Waals surface area contributed by atoms with E-state index in [-0.39, 0.29) is 10.7 Å². The standard InChI is InChI=1S/C21H21N3O2S/c25-20(19-14-22-17-8-4-5-9-18(17)24-19)23-15-21(10-12-26-13-11-21)27-16-6-2-1-3-7-16/h1-9,14H,10-13,15H2,(H,23,25). The van der Waals surface area contributed by atoms with E-state index in [0.29, 0.717) is 25.5 Å². The van der Waals surface area contributed by atoms with E-state index in [4.69, 9.17) is 4.74 Å². The van der Waals surface area contributed by atoms with E-state index in [2.05, 4.69) is 27.4 Å². The van der Waals surface area contributed by atoms with Crippen LogP contribution in [0.5, 0.6) is 0 Å². The number of carbonyl (C=O) groups is 1. The first-order valence-electron chi connectivity index (χ1n) is 9.06. The molecule has 1 amide bonds. The summed E-state index contributed by atoms with van der Waals surface area (Å²) in [6.07, 6.45) is 3.34. The number of rotatable bonds is 5. The van der Waals surface area contributed by atoms with Crippen molar-refractivity contribution in [1.29, 1.82) is 0 Å². The minimum Gasteiger partial charge on any atom is -0.381 e. The van der Waals surface area contributed by atoms with E-state index < -0.39 is 0 Å². The van der Waals surface area contributed by atoms with Gasteiger partial charge in [-0.1, -0.05) is 30.3 Å². The third kappa shape index (κ3) is 4.28. The fourth-order valence-corrected chi connectivity index (χ4v) is 4.50. The first kappa shape index (κ1) is 17.9. The Bertz CT molecular complexity index is 927. The zero-order valence-electron chi connectivity index (χ0n) is 14.9. The summed E-state index contributed by atoms with van der Waals surface area (Å²) in [4.78, 5) is 22.7. The van der Waals surface area contributed by atoms with Gasteiger partial charge in [0, 0.05) is 29.4 Å². The van der Waals surface area contributed by atoms with E-state index in [1.165, 1.54) is 4.90 Å². The summed E-state index contributed by atoms with van der Waals surface area (Å²) in [5, 5.41) is 3.08. The highest BCUT2D eigenvalue weighted by atomic mass is 32.2. The molecule has 0 atom stereocenters. The number of hydrogen-bond donors (Lipinski definition) is 1. The number of nitrogens with zero attached hydrogens (tertiary/aromatic N) is 2. The Kier molecular flexibility index (Phi) is 5.36. The highest BCUT2D eigenvalue weighted by Gasteiger charge is 2.34. The van der Waals surface area contributed by atoms with Gasteiger partial charge in [0.2, 0.25) is 0 Å². The second-order valence-corrected chi connectivity index (χ2v) is 8.18. The van der Waals surface area contributed by atoms with E-state index in [9.17, 15) is 4.79 Å². The maximum atomic E-state index is 12.7. The van der Waals surface area contributed by atoms with Crippen LogP contribution in [0.25, 0.3) is 11.0 Å². The van der Waals surface area contributed by atoms with Crippen molar-refractivity contribution >= 4 is 28.7 Å². The van der Waals surface area contributed by atoms with E-state index >= 15 is 0 Å². The molecule has 0 bridgehead atoms. The minimum atomic E-state index is -0.187. The Morgan fingerprint density at radius 1 is 1.04 bits per heavy atom. The second kappa shape index (κ2) is 8.06. The molecule has 0 aliphatic carbocycles. The molecule has 1 aliphatic rings. The Morgan fingerprint density at radius 2 is 1.74 bits per heavy atom. The lowest BCUT2D eigenvalue weighted by Crippen LogP contribution is -2.44. The summed E-state index contributed by atoms with van der Waals surface area (Å²) < 4.78 is 5.48. The van der Waals surface area contributed by atoms with Crippen LogP contribution in [0.1, 0.15) is 23.3 Å². The lowest BCUT2D eigenvalue weighted by atomic mass is 9.99. The fraction of sp³-hybridized carbons (Fsp3) is 0.286. The summed E-state index contributed by atoms with van der Waals surface area (Å²) >= 11 is 1.82. The van der Waals surface area contributed by atoms with Crippen LogP contribution >= 0.6 is 11.8 Å². The third-order valence-electron chi connectivity index (χ3n) is 4.73. The number of nitrogens with one attached hydrogen (secondary N) is 1. The molecular formula is C21H21N3O2S. The van der Waals surface area contributed by atoms with E-state index in [1.807, 2.05) is 54.2 Å². The summed E-state index contributed by atoms with van der Waals surface area (Å²) in [6, 6.07) is 17.9. The normalized spacial score (nSPS) is 16.1. The van der Waals surface area contributed by atoms with Crippen molar-refractivity contribution in [3.05, 3.63) is 66.5 Å². The SMILES string of the molecule is O=C(NCC1(Sc2ccccc2)CCOCC1)c1cnc2ccccc2n1. The fourth-order valence-electron chi connectivity index (χ4n) is 3.20. The maximum Gasteiger partial charge on any atom is 0.271 e. The Labute approximate surface area is 162 Å². The molecule has 0 radical (unpaired) electrons. The second-order valence-electron chi connectivity index (χ2n) is 6.64. The lowest BCUT2D eigenvalue weighted by Gasteiger charge is -2.36. The van der Waals surface area contributed by atoms with Gasteiger partial charge in [0.25, 0.3) is 5.91 Å². The highest BCUT2D eigenvalue weighted by molar-refractivity contribution is 8.00. The van der Waals surface area contributed by atoms with Gasteiger partial charge in [-0.2, -0.15) is 0 Å². The van der Waals surface area contributed by atoms with Crippen LogP contribution in [0.15, 0.2) is 65.7 Å². The van der Waals surface area contributed by atoms with Crippen molar-refractivity contribution in [3.63, 3.8) is 0 Å². The number of hydrogen-bond acceptors (Lipinski definition) is 5. The van der Waals surface area contributed by atoms with Crippen LogP contribution in [0, 0.1) is 0 Å². The number of ether oxygens (including phenoxy) is 1. The van der Waals surface area contributed by atoms with Crippen molar-refractivity contribution < 1.29 is 9.53 Å². The largest absolute Gasteiger partial charge is 0.381 e. The van der Waals surface area contributed by atoms with Crippen molar-refractivity contribution in [3.8, 4) is 0 Å². The molecule has 0 unspecified atom stereocenters. The van der Waals surface area contributed by atoms with Crippen molar-refractivity contribution in [2.45, 2.75) is 22.5 Å². The van der Waals surface area contributed by atoms with E-state index in [0.717, 1.165) is 23.9 Å². The molecule has 2 heterocycles. The minimum absolute atomic E-state index is 0.0699. The summed E-state index contributed by atoms with van der Waals surface area (Å²) in [7, 11) is 0. The van der Waals surface area contributed by atoms with Crippen LogP contribution in [0.3, 0.4) is 0 Å². The molecule has 2 aromatic carbocycles. The summed E-state index contributed by atoms with van der Waals surface area (Å²) in [5.74, 6) is -0.187. The van der Waals surface area contributed by atoms with Crippen molar-refractivity contribution in [2.24, 2.45) is 0 Å². The number of amides is 1. The number of aromatic nitrogens is 2. The van der Waals surface area contributed by atoms with Gasteiger partial charge in [-0.05, 0) is 37.1 Å². The summed E-state index contributed by atoms with van der Waals surface area (Å²) in [5.41, 5.74) is 1.86. The third-order valence-corrected chi connectivity index (χ3v) is 6.23. The Morgan fingerprint density at radius 3 is 2.52 bits per heavy atom. The van der Waals surface area contributed by atoms with E-state index in [1.54, 1.807) is 6.20 Å². The molecule has 4 rings (SSSR count). The van der Waals surface area contributed by atoms with Gasteiger partial charge in [-0.25, -0.2) is 4.98 Å². The molecule has 1 aliphatic heterocycles. The van der Waals surface area contributed by atoms with Gasteiger partial charge in [0.05, 0.1) is 17.2 Å². The predicted octanol–water partition coefficient (Wildman–Crippen LogP) is 3.70. The monoisotopic (exact) mass is 379 g/mol. The van der Waals surface area contributed by atoms with Crippen molar-refractivity contribution in [1.82, 2.24) is 15.3 Å². The smallest absolute Gasteiger partial charge is 0.271 e. The lowest BCUT2D eigenvalue weighted by molar-refractivity contribution is 0.0740. The number of carbonyl (C=O) groups excluding carboxylic acids is 1. The number of para-hydroxylation sites is 2. The van der Waals surface area contributed by atoms with Gasteiger partial charge in [-0.15, -0.1) is 11.8 Å². The van der Waals surface area contributed by atoms with Crippen LogP contribution < -0.4 is 5.32 Å². The molecule has 5 nitrogen and oxygen atoms in total. The Balaban J connectivity index is 1.48. The topological polar surface area (TPSA) is 64.1 Å². The molecule has 1 fully saturated rings. The Hall–Kier alpha value is -2.44. The molecule has 0 saturated carbocycles. The summed E-state index contributed by atoms with van der Waals surface area (Å²) in [6.45, 7) is 2.00. The molecule has 1 aromatic heterocycles. The quantitative estimate of drug-likeness (QED) is 0.732. The zero-order valence-corrected chi connectivity index (χ0v) is 15.7. The molecule has 1 N–H and O–H groups in total. The first-order valence-corrected chi connectivity index (χ1v) is 9.88. The zero-order chi connectivity index (χ0) is 18.5. The number of benzene rings is 2. The van der Waals surface area contributed by atoms with Crippen LogP contribution in [0.2, 0.25) is 0 Å². The molecule has 138 valence electrons. The molecule has 0 spiro atoms. The van der Waals surface area contributed by atoms with Gasteiger partial charge in [0.15, 0.2) is 0 Å². The molecule has 1 saturated heterocycles. The molecule has 3 aromatic rings. The van der Waals surface area contributed by atoms with Gasteiger partial charge < -0.3 is 10.1 Å². The van der Waals surface area contributed by atoms with Crippen molar-refractivity contribution in [2.75, 3.05) is 19.8 Å². The first-order chi connectivity index (χ1) is 13.2. The predicted molar refractivity (Wildman–Crippen MR) is 107 cm³/mol. The average Bonchev–Trinajstić information content (AvgIpc) is 2.73. The molecular weight excluding hydrogens is 358 g/mol. The number of thioether (sulfide) groups is 1. The van der Waals surface area contributed by atoms with Gasteiger partial charge in [0.1, 0.15) is 5.69 Å². The molecule has 6 heteroatoms. The van der Waals surface area contributed by atoms with Crippen LogP contribution in [0.4, 0.5) is 0 Å². The highest BCUT2D eigenvalue weighted by Crippen LogP contribution is 2.40. The van der Waals surface area contributed by atoms with Crippen LogP contribution in [-0.4, -0.2) is 40.4 Å². The van der Waals surface area contributed by atoms with Crippen LogP contribution in [-0.2, 0) is 4.74 Å². The molecule has 27 heavy (non-hydrogen) atoms. The van der Waals surface area contributed by atoms with Gasteiger partial charge in [-0.3, -0.25) is 9.78 Å². The van der Waals surface area contributed by atoms with Gasteiger partial charge >= 0.3 is 0 Å². The average molecular weight is 379 g/mol.